The summed E-state index contributed by atoms with van der Waals surface area (Å²) < 4.78 is 11.4. The van der Waals surface area contributed by atoms with Crippen LogP contribution in [0, 0.1) is 0 Å². The van der Waals surface area contributed by atoms with Crippen molar-refractivity contribution in [2.24, 2.45) is 0 Å². The average Bonchev–Trinajstić information content (AvgIpc) is 3.08. The normalized spacial score (nSPS) is 19.8. The van der Waals surface area contributed by atoms with E-state index in [0.717, 1.165) is 4.90 Å². The standard InChI is InChI=1S/C23H21N3O6/c27-20(13-26-21(28)15-5-1-2-6-16(15)22(26)29)24-9-11-25(12-10-24)23(30)19-14-31-17-7-3-4-8-18(17)32-19/h1-8,19H,9-14H2/t19-/m0/s1. The van der Waals surface area contributed by atoms with Crippen molar-refractivity contribution < 1.29 is 28.7 Å². The summed E-state index contributed by atoms with van der Waals surface area (Å²) in [6, 6.07) is 13.7. The van der Waals surface area contributed by atoms with Crippen LogP contribution in [0.1, 0.15) is 20.7 Å². The molecule has 0 saturated carbocycles. The Balaban J connectivity index is 1.16. The summed E-state index contributed by atoms with van der Waals surface area (Å²) in [5.41, 5.74) is 0.633. The summed E-state index contributed by atoms with van der Waals surface area (Å²) in [5, 5.41) is 0. The highest BCUT2D eigenvalue weighted by Crippen LogP contribution is 2.31. The lowest BCUT2D eigenvalue weighted by Gasteiger charge is -2.37. The summed E-state index contributed by atoms with van der Waals surface area (Å²) in [5.74, 6) is -0.276. The van der Waals surface area contributed by atoms with Gasteiger partial charge < -0.3 is 19.3 Å². The number of carbonyl (C=O) groups excluding carboxylic acids is 4. The fourth-order valence-corrected chi connectivity index (χ4v) is 4.14. The third-order valence-electron chi connectivity index (χ3n) is 5.90. The predicted molar refractivity (Wildman–Crippen MR) is 111 cm³/mol. The second kappa shape index (κ2) is 7.99. The average molecular weight is 435 g/mol. The third-order valence-corrected chi connectivity index (χ3v) is 5.90. The Morgan fingerprint density at radius 1 is 0.812 bits per heavy atom. The summed E-state index contributed by atoms with van der Waals surface area (Å²) in [4.78, 5) is 54.8. The number of para-hydroxylation sites is 2. The maximum atomic E-state index is 12.8. The van der Waals surface area contributed by atoms with E-state index in [0.29, 0.717) is 48.8 Å². The molecule has 0 unspecified atom stereocenters. The SMILES string of the molecule is O=C(CN1C(=O)c2ccccc2C1=O)N1CCN(C(=O)[C@@H]2COc3ccccc3O2)CC1. The lowest BCUT2D eigenvalue weighted by atomic mass is 10.1. The first kappa shape index (κ1) is 20.0. The molecule has 3 aliphatic rings. The third kappa shape index (κ3) is 3.45. The monoisotopic (exact) mass is 435 g/mol. The molecule has 5 rings (SSSR count). The zero-order chi connectivity index (χ0) is 22.2. The fourth-order valence-electron chi connectivity index (χ4n) is 4.14. The second-order valence-electron chi connectivity index (χ2n) is 7.81. The predicted octanol–water partition coefficient (Wildman–Crippen LogP) is 0.793. The van der Waals surface area contributed by atoms with Gasteiger partial charge in [-0.2, -0.15) is 0 Å². The lowest BCUT2D eigenvalue weighted by Crippen LogP contribution is -2.56. The molecule has 4 amide bonds. The minimum absolute atomic E-state index is 0.134. The maximum absolute atomic E-state index is 12.8. The van der Waals surface area contributed by atoms with E-state index in [1.165, 1.54) is 0 Å². The molecule has 1 atom stereocenters. The smallest absolute Gasteiger partial charge is 0.267 e. The molecule has 0 N–H and O–H groups in total. The Morgan fingerprint density at radius 3 is 2.03 bits per heavy atom. The molecule has 164 valence electrons. The van der Waals surface area contributed by atoms with Gasteiger partial charge in [0.25, 0.3) is 17.7 Å². The highest BCUT2D eigenvalue weighted by molar-refractivity contribution is 6.22. The Hall–Kier alpha value is -3.88. The molecule has 3 heterocycles. The summed E-state index contributed by atoms with van der Waals surface area (Å²) in [7, 11) is 0. The Labute approximate surface area is 184 Å². The minimum Gasteiger partial charge on any atom is -0.485 e. The zero-order valence-electron chi connectivity index (χ0n) is 17.2. The van der Waals surface area contributed by atoms with Gasteiger partial charge in [-0.05, 0) is 24.3 Å². The van der Waals surface area contributed by atoms with Gasteiger partial charge in [-0.3, -0.25) is 24.1 Å². The number of fused-ring (bicyclic) bond motifs is 2. The van der Waals surface area contributed by atoms with Crippen molar-refractivity contribution in [2.75, 3.05) is 39.3 Å². The van der Waals surface area contributed by atoms with E-state index in [-0.39, 0.29) is 25.0 Å². The van der Waals surface area contributed by atoms with Crippen LogP contribution in [0.4, 0.5) is 0 Å². The van der Waals surface area contributed by atoms with Gasteiger partial charge >= 0.3 is 0 Å². The van der Waals surface area contributed by atoms with Crippen molar-refractivity contribution in [1.29, 1.82) is 0 Å². The topological polar surface area (TPSA) is 96.5 Å². The quantitative estimate of drug-likeness (QED) is 0.662. The number of rotatable bonds is 3. The summed E-state index contributed by atoms with van der Waals surface area (Å²) >= 11 is 0. The minimum atomic E-state index is -0.731. The molecule has 9 heteroatoms. The van der Waals surface area contributed by atoms with Gasteiger partial charge in [0.05, 0.1) is 11.1 Å². The number of nitrogens with zero attached hydrogens (tertiary/aromatic N) is 3. The Bertz CT molecular complexity index is 1070. The molecule has 2 aromatic rings. The highest BCUT2D eigenvalue weighted by Gasteiger charge is 2.38. The Morgan fingerprint density at radius 2 is 1.38 bits per heavy atom. The molecule has 0 aromatic heterocycles. The molecule has 1 saturated heterocycles. The van der Waals surface area contributed by atoms with Crippen LogP contribution >= 0.6 is 0 Å². The van der Waals surface area contributed by atoms with Crippen LogP contribution in [-0.4, -0.2) is 83.8 Å². The highest BCUT2D eigenvalue weighted by atomic mass is 16.6. The van der Waals surface area contributed by atoms with E-state index in [4.69, 9.17) is 9.47 Å². The second-order valence-corrected chi connectivity index (χ2v) is 7.81. The van der Waals surface area contributed by atoms with Crippen LogP contribution in [-0.2, 0) is 9.59 Å². The molecule has 1 fully saturated rings. The largest absolute Gasteiger partial charge is 0.485 e. The van der Waals surface area contributed by atoms with Gasteiger partial charge in [0.15, 0.2) is 11.5 Å². The Kier molecular flexibility index (Phi) is 5.01. The van der Waals surface area contributed by atoms with Gasteiger partial charge in [-0.25, -0.2) is 0 Å². The number of carbonyl (C=O) groups is 4. The fraction of sp³-hybridized carbons (Fsp3) is 0.304. The van der Waals surface area contributed by atoms with E-state index in [1.54, 1.807) is 46.2 Å². The molecule has 0 spiro atoms. The van der Waals surface area contributed by atoms with Crippen LogP contribution in [0.5, 0.6) is 11.5 Å². The molecule has 3 aliphatic heterocycles. The van der Waals surface area contributed by atoms with Crippen molar-refractivity contribution in [2.45, 2.75) is 6.10 Å². The first-order valence-corrected chi connectivity index (χ1v) is 10.4. The van der Waals surface area contributed by atoms with Gasteiger partial charge in [-0.15, -0.1) is 0 Å². The number of piperazine rings is 1. The molecule has 0 aliphatic carbocycles. The van der Waals surface area contributed by atoms with E-state index in [1.807, 2.05) is 12.1 Å². The number of hydrogen-bond acceptors (Lipinski definition) is 6. The van der Waals surface area contributed by atoms with Gasteiger partial charge in [-0.1, -0.05) is 24.3 Å². The van der Waals surface area contributed by atoms with E-state index in [9.17, 15) is 19.2 Å². The molecule has 0 bridgehead atoms. The molecule has 2 aromatic carbocycles. The zero-order valence-corrected chi connectivity index (χ0v) is 17.2. The van der Waals surface area contributed by atoms with Gasteiger partial charge in [0.1, 0.15) is 13.2 Å². The van der Waals surface area contributed by atoms with Crippen molar-refractivity contribution >= 4 is 23.6 Å². The number of ether oxygens (including phenoxy) is 2. The van der Waals surface area contributed by atoms with Crippen LogP contribution in [0.2, 0.25) is 0 Å². The molecular formula is C23H21N3O6. The maximum Gasteiger partial charge on any atom is 0.267 e. The van der Waals surface area contributed by atoms with Crippen LogP contribution < -0.4 is 9.47 Å². The molecular weight excluding hydrogens is 414 g/mol. The lowest BCUT2D eigenvalue weighted by molar-refractivity contribution is -0.146. The van der Waals surface area contributed by atoms with E-state index < -0.39 is 17.9 Å². The number of amides is 4. The summed E-state index contributed by atoms with van der Waals surface area (Å²) in [6.45, 7) is 1.14. The van der Waals surface area contributed by atoms with E-state index >= 15 is 0 Å². The van der Waals surface area contributed by atoms with E-state index in [2.05, 4.69) is 0 Å². The first-order valence-electron chi connectivity index (χ1n) is 10.4. The molecule has 9 nitrogen and oxygen atoms in total. The molecule has 32 heavy (non-hydrogen) atoms. The van der Waals surface area contributed by atoms with Crippen LogP contribution in [0.25, 0.3) is 0 Å². The van der Waals surface area contributed by atoms with Crippen LogP contribution in [0.15, 0.2) is 48.5 Å². The van der Waals surface area contributed by atoms with Crippen molar-refractivity contribution in [3.63, 3.8) is 0 Å². The number of benzene rings is 2. The van der Waals surface area contributed by atoms with Gasteiger partial charge in [0.2, 0.25) is 12.0 Å². The first-order chi connectivity index (χ1) is 15.5. The van der Waals surface area contributed by atoms with Gasteiger partial charge in [0, 0.05) is 26.2 Å². The van der Waals surface area contributed by atoms with Crippen molar-refractivity contribution in [3.05, 3.63) is 59.7 Å². The van der Waals surface area contributed by atoms with Crippen LogP contribution in [0.3, 0.4) is 0 Å². The molecule has 0 radical (unpaired) electrons. The number of imide groups is 1. The van der Waals surface area contributed by atoms with Crippen molar-refractivity contribution in [1.82, 2.24) is 14.7 Å². The number of hydrogen-bond donors (Lipinski definition) is 0. The summed E-state index contributed by atoms with van der Waals surface area (Å²) in [6.07, 6.45) is -0.731. The van der Waals surface area contributed by atoms with Crippen molar-refractivity contribution in [3.8, 4) is 11.5 Å².